The summed E-state index contributed by atoms with van der Waals surface area (Å²) in [6, 6.07) is 18.9. The normalized spacial score (nSPS) is 14.0. The molecule has 0 aromatic heterocycles. The SMILES string of the molecule is COc1cccc(CN(C(=O)CN(c2ccc(OC)c(OC)c2)S(=O)(=O)c2ccccc2)[C@@H](C)C(=O)NC2CCCC2)c1. The molecule has 43 heavy (non-hydrogen) atoms. The monoisotopic (exact) mass is 609 g/mol. The maximum atomic E-state index is 14.2. The smallest absolute Gasteiger partial charge is 0.264 e. The predicted molar refractivity (Wildman–Crippen MR) is 164 cm³/mol. The first-order chi connectivity index (χ1) is 20.7. The highest BCUT2D eigenvalue weighted by Crippen LogP contribution is 2.34. The van der Waals surface area contributed by atoms with Crippen LogP contribution < -0.4 is 23.8 Å². The highest BCUT2D eigenvalue weighted by molar-refractivity contribution is 7.92. The standard InChI is InChI=1S/C32H39N3O7S/c1-23(32(37)33-25-12-8-9-13-25)34(21-24-11-10-14-27(19-24)40-2)31(36)22-35(43(38,39)28-15-6-5-7-16-28)26-17-18-29(41-3)30(20-26)42-4/h5-7,10-11,14-20,23,25H,8-9,12-13,21-22H2,1-4H3,(H,33,37)/t23-/m0/s1. The molecule has 3 aromatic rings. The summed E-state index contributed by atoms with van der Waals surface area (Å²) in [4.78, 5) is 29.0. The Morgan fingerprint density at radius 2 is 1.58 bits per heavy atom. The molecule has 3 aromatic carbocycles. The Hall–Kier alpha value is -4.25. The van der Waals surface area contributed by atoms with E-state index in [0.29, 0.717) is 17.2 Å². The Bertz CT molecular complexity index is 1510. The van der Waals surface area contributed by atoms with E-state index in [2.05, 4.69) is 5.32 Å². The fourth-order valence-electron chi connectivity index (χ4n) is 5.17. The second-order valence-electron chi connectivity index (χ2n) is 10.4. The van der Waals surface area contributed by atoms with Crippen molar-refractivity contribution in [3.05, 3.63) is 78.4 Å². The molecule has 1 N–H and O–H groups in total. The topological polar surface area (TPSA) is 114 Å². The Labute approximate surface area is 253 Å². The van der Waals surface area contributed by atoms with E-state index < -0.39 is 28.5 Å². The van der Waals surface area contributed by atoms with Gasteiger partial charge in [0.05, 0.1) is 31.9 Å². The number of carbonyl (C=O) groups is 2. The predicted octanol–water partition coefficient (Wildman–Crippen LogP) is 4.38. The van der Waals surface area contributed by atoms with E-state index in [1.54, 1.807) is 62.6 Å². The highest BCUT2D eigenvalue weighted by atomic mass is 32.2. The number of hydrogen-bond acceptors (Lipinski definition) is 7. The Morgan fingerprint density at radius 3 is 2.23 bits per heavy atom. The summed E-state index contributed by atoms with van der Waals surface area (Å²) in [7, 11) is 0.272. The molecule has 1 atom stereocenters. The van der Waals surface area contributed by atoms with E-state index in [1.807, 2.05) is 6.07 Å². The molecule has 1 aliphatic carbocycles. The maximum Gasteiger partial charge on any atom is 0.264 e. The van der Waals surface area contributed by atoms with E-state index in [9.17, 15) is 18.0 Å². The van der Waals surface area contributed by atoms with Crippen molar-refractivity contribution in [2.75, 3.05) is 32.2 Å². The molecule has 4 rings (SSSR count). The number of amides is 2. The van der Waals surface area contributed by atoms with E-state index in [-0.39, 0.29) is 29.1 Å². The first kappa shape index (κ1) is 31.7. The van der Waals surface area contributed by atoms with Gasteiger partial charge in [0, 0.05) is 18.7 Å². The average molecular weight is 610 g/mol. The van der Waals surface area contributed by atoms with Gasteiger partial charge < -0.3 is 24.4 Å². The van der Waals surface area contributed by atoms with Gasteiger partial charge in [0.1, 0.15) is 18.3 Å². The summed E-state index contributed by atoms with van der Waals surface area (Å²) in [5, 5.41) is 3.07. The summed E-state index contributed by atoms with van der Waals surface area (Å²) < 4.78 is 45.2. The van der Waals surface area contributed by atoms with Crippen LogP contribution in [0.2, 0.25) is 0 Å². The lowest BCUT2D eigenvalue weighted by Gasteiger charge is -2.32. The number of ether oxygens (including phenoxy) is 3. The lowest BCUT2D eigenvalue weighted by atomic mass is 10.1. The van der Waals surface area contributed by atoms with Gasteiger partial charge in [-0.3, -0.25) is 13.9 Å². The molecule has 0 heterocycles. The van der Waals surface area contributed by atoms with Crippen molar-refractivity contribution in [3.63, 3.8) is 0 Å². The number of nitrogens with zero attached hydrogens (tertiary/aromatic N) is 2. The first-order valence-corrected chi connectivity index (χ1v) is 15.6. The fraction of sp³-hybridized carbons (Fsp3) is 0.375. The molecule has 0 aliphatic heterocycles. The minimum Gasteiger partial charge on any atom is -0.497 e. The van der Waals surface area contributed by atoms with E-state index in [4.69, 9.17) is 14.2 Å². The summed E-state index contributed by atoms with van der Waals surface area (Å²) >= 11 is 0. The molecule has 10 nitrogen and oxygen atoms in total. The first-order valence-electron chi connectivity index (χ1n) is 14.2. The third-order valence-electron chi connectivity index (χ3n) is 7.62. The second-order valence-corrected chi connectivity index (χ2v) is 12.3. The van der Waals surface area contributed by atoms with Crippen LogP contribution in [0, 0.1) is 0 Å². The maximum absolute atomic E-state index is 14.2. The molecular formula is C32H39N3O7S. The Balaban J connectivity index is 1.72. The summed E-state index contributed by atoms with van der Waals surface area (Å²) in [6.07, 6.45) is 3.88. The Morgan fingerprint density at radius 1 is 0.884 bits per heavy atom. The molecule has 230 valence electrons. The minimum absolute atomic E-state index is 0.0176. The van der Waals surface area contributed by atoms with Gasteiger partial charge in [-0.05, 0) is 61.7 Å². The van der Waals surface area contributed by atoms with Crippen molar-refractivity contribution in [2.24, 2.45) is 0 Å². The second kappa shape index (κ2) is 14.3. The zero-order valence-corrected chi connectivity index (χ0v) is 25.8. The van der Waals surface area contributed by atoms with E-state index in [1.165, 1.54) is 37.3 Å². The van der Waals surface area contributed by atoms with Crippen LogP contribution in [0.15, 0.2) is 77.7 Å². The molecule has 0 saturated heterocycles. The zero-order valence-electron chi connectivity index (χ0n) is 25.0. The minimum atomic E-state index is -4.21. The van der Waals surface area contributed by atoms with Crippen molar-refractivity contribution in [3.8, 4) is 17.2 Å². The van der Waals surface area contributed by atoms with Gasteiger partial charge in [0.2, 0.25) is 11.8 Å². The van der Waals surface area contributed by atoms with E-state index in [0.717, 1.165) is 35.6 Å². The van der Waals surface area contributed by atoms with Crippen LogP contribution in [0.1, 0.15) is 38.2 Å². The molecule has 0 spiro atoms. The number of rotatable bonds is 13. The molecule has 0 unspecified atom stereocenters. The molecule has 1 aliphatic rings. The van der Waals surface area contributed by atoms with Crippen molar-refractivity contribution in [2.45, 2.75) is 56.1 Å². The molecular weight excluding hydrogens is 570 g/mol. The molecule has 2 amide bonds. The third kappa shape index (κ3) is 7.59. The lowest BCUT2D eigenvalue weighted by Crippen LogP contribution is -2.52. The van der Waals surface area contributed by atoms with Crippen LogP contribution in [0.3, 0.4) is 0 Å². The number of methoxy groups -OCH3 is 3. The van der Waals surface area contributed by atoms with Gasteiger partial charge in [0.15, 0.2) is 11.5 Å². The summed E-state index contributed by atoms with van der Waals surface area (Å²) in [5.74, 6) is 0.481. The lowest BCUT2D eigenvalue weighted by molar-refractivity contribution is -0.139. The van der Waals surface area contributed by atoms with Gasteiger partial charge in [0.25, 0.3) is 10.0 Å². The van der Waals surface area contributed by atoms with Crippen LogP contribution in [0.5, 0.6) is 17.2 Å². The van der Waals surface area contributed by atoms with Crippen molar-refractivity contribution < 1.29 is 32.2 Å². The molecule has 0 bridgehead atoms. The van der Waals surface area contributed by atoms with Crippen LogP contribution in [0.25, 0.3) is 0 Å². The molecule has 1 fully saturated rings. The van der Waals surface area contributed by atoms with Crippen LogP contribution in [-0.4, -0.2) is 65.1 Å². The van der Waals surface area contributed by atoms with Crippen molar-refractivity contribution in [1.29, 1.82) is 0 Å². The summed E-state index contributed by atoms with van der Waals surface area (Å²) in [5.41, 5.74) is 0.941. The van der Waals surface area contributed by atoms with Crippen LogP contribution in [0.4, 0.5) is 5.69 Å². The summed E-state index contributed by atoms with van der Waals surface area (Å²) in [6.45, 7) is 1.17. The van der Waals surface area contributed by atoms with Crippen molar-refractivity contribution >= 4 is 27.5 Å². The highest BCUT2D eigenvalue weighted by Gasteiger charge is 2.33. The van der Waals surface area contributed by atoms with E-state index >= 15 is 0 Å². The zero-order chi connectivity index (χ0) is 31.0. The number of anilines is 1. The Kier molecular flexibility index (Phi) is 10.5. The largest absolute Gasteiger partial charge is 0.497 e. The van der Waals surface area contributed by atoms with Crippen LogP contribution in [-0.2, 0) is 26.2 Å². The fourth-order valence-corrected chi connectivity index (χ4v) is 6.60. The quantitative estimate of drug-likeness (QED) is 0.306. The average Bonchev–Trinajstić information content (AvgIpc) is 3.55. The van der Waals surface area contributed by atoms with Gasteiger partial charge in [-0.25, -0.2) is 8.42 Å². The number of carbonyl (C=O) groups excluding carboxylic acids is 2. The van der Waals surface area contributed by atoms with Gasteiger partial charge in [-0.15, -0.1) is 0 Å². The van der Waals surface area contributed by atoms with Gasteiger partial charge in [-0.2, -0.15) is 0 Å². The molecule has 11 heteroatoms. The number of nitrogens with one attached hydrogen (secondary N) is 1. The third-order valence-corrected chi connectivity index (χ3v) is 9.41. The number of hydrogen-bond donors (Lipinski definition) is 1. The molecule has 0 radical (unpaired) electrons. The number of sulfonamides is 1. The van der Waals surface area contributed by atoms with Gasteiger partial charge in [-0.1, -0.05) is 43.2 Å². The number of benzene rings is 3. The molecule has 1 saturated carbocycles. The van der Waals surface area contributed by atoms with Crippen LogP contribution >= 0.6 is 0 Å². The van der Waals surface area contributed by atoms with Gasteiger partial charge >= 0.3 is 0 Å². The van der Waals surface area contributed by atoms with Crippen molar-refractivity contribution in [1.82, 2.24) is 10.2 Å².